The van der Waals surface area contributed by atoms with Crippen molar-refractivity contribution in [2.75, 3.05) is 18.4 Å². The fourth-order valence-corrected chi connectivity index (χ4v) is 2.53. The maximum atomic E-state index is 13.7. The lowest BCUT2D eigenvalue weighted by Crippen LogP contribution is -2.32. The van der Waals surface area contributed by atoms with E-state index in [2.05, 4.69) is 24.1 Å². The first-order valence-corrected chi connectivity index (χ1v) is 8.37. The maximum Gasteiger partial charge on any atom is 0.255 e. The van der Waals surface area contributed by atoms with Crippen molar-refractivity contribution in [1.29, 1.82) is 0 Å². The minimum Gasteiger partial charge on any atom is -0.380 e. The molecule has 24 heavy (non-hydrogen) atoms. The first kappa shape index (κ1) is 17.9. The quantitative estimate of drug-likeness (QED) is 0.793. The lowest BCUT2D eigenvalue weighted by Gasteiger charge is -2.21. The summed E-state index contributed by atoms with van der Waals surface area (Å²) in [5, 5.41) is 3.13. The van der Waals surface area contributed by atoms with Crippen LogP contribution in [0.3, 0.4) is 0 Å². The molecule has 0 aliphatic heterocycles. The number of aromatic nitrogens is 1. The molecule has 1 aromatic heterocycles. The van der Waals surface area contributed by atoms with Gasteiger partial charge in [0, 0.05) is 37.6 Å². The molecule has 128 valence electrons. The van der Waals surface area contributed by atoms with E-state index in [1.54, 1.807) is 36.7 Å². The summed E-state index contributed by atoms with van der Waals surface area (Å²) in [5.74, 6) is -0.261. The Morgan fingerprint density at radius 1 is 1.17 bits per heavy atom. The molecular weight excluding hydrogens is 305 g/mol. The summed E-state index contributed by atoms with van der Waals surface area (Å²) in [6.45, 7) is 5.93. The van der Waals surface area contributed by atoms with Crippen LogP contribution < -0.4 is 5.32 Å². The fourth-order valence-electron chi connectivity index (χ4n) is 2.53. The van der Waals surface area contributed by atoms with Crippen LogP contribution in [-0.4, -0.2) is 28.9 Å². The molecule has 0 atom stereocenters. The molecule has 0 fully saturated rings. The number of nitrogens with zero attached hydrogens (tertiary/aromatic N) is 2. The van der Waals surface area contributed by atoms with Gasteiger partial charge in [0.05, 0.1) is 11.3 Å². The molecule has 0 bridgehead atoms. The van der Waals surface area contributed by atoms with Crippen LogP contribution in [0, 0.1) is 5.82 Å². The topological polar surface area (TPSA) is 45.2 Å². The van der Waals surface area contributed by atoms with Gasteiger partial charge in [-0.3, -0.25) is 9.78 Å². The van der Waals surface area contributed by atoms with Crippen molar-refractivity contribution in [1.82, 2.24) is 9.88 Å². The molecule has 0 unspecified atom stereocenters. The second-order valence-corrected chi connectivity index (χ2v) is 5.70. The van der Waals surface area contributed by atoms with Crippen molar-refractivity contribution in [3.63, 3.8) is 0 Å². The molecule has 0 aliphatic carbocycles. The zero-order chi connectivity index (χ0) is 17.4. The summed E-state index contributed by atoms with van der Waals surface area (Å²) in [4.78, 5) is 18.6. The SMILES string of the molecule is CCCN(CCC)C(=O)c1cncc(NCc2ccccc2F)c1. The van der Waals surface area contributed by atoms with Gasteiger partial charge in [0.1, 0.15) is 5.82 Å². The maximum absolute atomic E-state index is 13.7. The van der Waals surface area contributed by atoms with E-state index >= 15 is 0 Å². The number of carbonyl (C=O) groups excluding carboxylic acids is 1. The van der Waals surface area contributed by atoms with Crippen molar-refractivity contribution in [3.05, 3.63) is 59.7 Å². The van der Waals surface area contributed by atoms with Gasteiger partial charge in [-0.05, 0) is 25.0 Å². The zero-order valence-corrected chi connectivity index (χ0v) is 14.3. The first-order valence-electron chi connectivity index (χ1n) is 8.37. The number of hydrogen-bond donors (Lipinski definition) is 1. The highest BCUT2D eigenvalue weighted by molar-refractivity contribution is 5.94. The van der Waals surface area contributed by atoms with Crippen LogP contribution in [0.2, 0.25) is 0 Å². The van der Waals surface area contributed by atoms with E-state index in [-0.39, 0.29) is 11.7 Å². The zero-order valence-electron chi connectivity index (χ0n) is 14.3. The minimum absolute atomic E-state index is 0.0132. The largest absolute Gasteiger partial charge is 0.380 e. The molecule has 0 saturated heterocycles. The lowest BCUT2D eigenvalue weighted by molar-refractivity contribution is 0.0755. The summed E-state index contributed by atoms with van der Waals surface area (Å²) in [7, 11) is 0. The predicted octanol–water partition coefficient (Wildman–Crippen LogP) is 4.10. The fraction of sp³-hybridized carbons (Fsp3) is 0.368. The van der Waals surface area contributed by atoms with Gasteiger partial charge < -0.3 is 10.2 Å². The summed E-state index contributed by atoms with van der Waals surface area (Å²) in [5.41, 5.74) is 1.83. The van der Waals surface area contributed by atoms with E-state index < -0.39 is 0 Å². The van der Waals surface area contributed by atoms with Gasteiger partial charge in [-0.1, -0.05) is 32.0 Å². The van der Waals surface area contributed by atoms with Crippen LogP contribution in [0.5, 0.6) is 0 Å². The standard InChI is InChI=1S/C19H24FN3O/c1-3-9-23(10-4-2)19(24)16-11-17(14-21-12-16)22-13-15-7-5-6-8-18(15)20/h5-8,11-12,14,22H,3-4,9-10,13H2,1-2H3. The number of rotatable bonds is 8. The highest BCUT2D eigenvalue weighted by Crippen LogP contribution is 2.14. The number of nitrogens with one attached hydrogen (secondary N) is 1. The lowest BCUT2D eigenvalue weighted by atomic mass is 10.2. The second-order valence-electron chi connectivity index (χ2n) is 5.70. The van der Waals surface area contributed by atoms with Crippen molar-refractivity contribution < 1.29 is 9.18 Å². The van der Waals surface area contributed by atoms with E-state index in [9.17, 15) is 9.18 Å². The van der Waals surface area contributed by atoms with Gasteiger partial charge in [0.25, 0.3) is 5.91 Å². The Morgan fingerprint density at radius 2 is 1.88 bits per heavy atom. The van der Waals surface area contributed by atoms with Gasteiger partial charge in [-0.2, -0.15) is 0 Å². The number of pyridine rings is 1. The monoisotopic (exact) mass is 329 g/mol. The Kier molecular flexibility index (Phi) is 6.73. The molecular formula is C19H24FN3O. The van der Waals surface area contributed by atoms with Crippen molar-refractivity contribution in [3.8, 4) is 0 Å². The van der Waals surface area contributed by atoms with Crippen LogP contribution in [-0.2, 0) is 6.54 Å². The van der Waals surface area contributed by atoms with Gasteiger partial charge in [0.15, 0.2) is 0 Å². The van der Waals surface area contributed by atoms with Crippen molar-refractivity contribution >= 4 is 11.6 Å². The third-order valence-corrected chi connectivity index (χ3v) is 3.70. The summed E-state index contributed by atoms with van der Waals surface area (Å²) >= 11 is 0. The van der Waals surface area contributed by atoms with E-state index in [0.717, 1.165) is 25.9 Å². The summed E-state index contributed by atoms with van der Waals surface area (Å²) < 4.78 is 13.7. The number of anilines is 1. The molecule has 0 saturated carbocycles. The summed E-state index contributed by atoms with van der Waals surface area (Å²) in [6, 6.07) is 8.40. The van der Waals surface area contributed by atoms with E-state index in [4.69, 9.17) is 0 Å². The third kappa shape index (κ3) is 4.78. The number of halogens is 1. The number of carbonyl (C=O) groups is 1. The molecule has 4 nitrogen and oxygen atoms in total. The van der Waals surface area contributed by atoms with Gasteiger partial charge in [0.2, 0.25) is 0 Å². The normalized spacial score (nSPS) is 10.5. The average molecular weight is 329 g/mol. The molecule has 2 rings (SSSR count). The van der Waals surface area contributed by atoms with Crippen LogP contribution in [0.15, 0.2) is 42.7 Å². The van der Waals surface area contributed by atoms with E-state index in [0.29, 0.717) is 23.4 Å². The molecule has 0 aliphatic rings. The van der Waals surface area contributed by atoms with Crippen LogP contribution in [0.25, 0.3) is 0 Å². The smallest absolute Gasteiger partial charge is 0.255 e. The Morgan fingerprint density at radius 3 is 2.54 bits per heavy atom. The highest BCUT2D eigenvalue weighted by atomic mass is 19.1. The molecule has 0 spiro atoms. The Labute approximate surface area is 142 Å². The molecule has 5 heteroatoms. The van der Waals surface area contributed by atoms with Crippen LogP contribution in [0.4, 0.5) is 10.1 Å². The van der Waals surface area contributed by atoms with E-state index in [1.807, 2.05) is 4.90 Å². The van der Waals surface area contributed by atoms with Crippen molar-refractivity contribution in [2.24, 2.45) is 0 Å². The van der Waals surface area contributed by atoms with Gasteiger partial charge in [-0.25, -0.2) is 4.39 Å². The minimum atomic E-state index is -0.248. The number of hydrogen-bond acceptors (Lipinski definition) is 3. The predicted molar refractivity (Wildman–Crippen MR) is 94.4 cm³/mol. The Hall–Kier alpha value is -2.43. The molecule has 1 amide bonds. The molecule has 1 N–H and O–H groups in total. The second kappa shape index (κ2) is 9.01. The first-order chi connectivity index (χ1) is 11.7. The Balaban J connectivity index is 2.07. The number of benzene rings is 1. The molecule has 2 aromatic rings. The Bertz CT molecular complexity index is 669. The number of amides is 1. The van der Waals surface area contributed by atoms with Crippen molar-refractivity contribution in [2.45, 2.75) is 33.2 Å². The molecule has 1 heterocycles. The molecule has 0 radical (unpaired) electrons. The average Bonchev–Trinajstić information content (AvgIpc) is 2.60. The van der Waals surface area contributed by atoms with Gasteiger partial charge in [-0.15, -0.1) is 0 Å². The summed E-state index contributed by atoms with van der Waals surface area (Å²) in [6.07, 6.45) is 5.06. The van der Waals surface area contributed by atoms with Crippen LogP contribution in [0.1, 0.15) is 42.6 Å². The van der Waals surface area contributed by atoms with E-state index in [1.165, 1.54) is 6.07 Å². The third-order valence-electron chi connectivity index (χ3n) is 3.70. The highest BCUT2D eigenvalue weighted by Gasteiger charge is 2.15. The van der Waals surface area contributed by atoms with Crippen LogP contribution >= 0.6 is 0 Å². The molecule has 1 aromatic carbocycles. The van der Waals surface area contributed by atoms with Gasteiger partial charge >= 0.3 is 0 Å².